The molecule has 2 heteroatoms. The summed E-state index contributed by atoms with van der Waals surface area (Å²) < 4.78 is 0. The van der Waals surface area contributed by atoms with Gasteiger partial charge in [-0.15, -0.1) is 0 Å². The van der Waals surface area contributed by atoms with E-state index in [4.69, 9.17) is 0 Å². The minimum atomic E-state index is 0.798. The highest BCUT2D eigenvalue weighted by atomic mass is 15.2. The van der Waals surface area contributed by atoms with Crippen molar-refractivity contribution in [1.82, 2.24) is 5.32 Å². The van der Waals surface area contributed by atoms with Gasteiger partial charge < -0.3 is 10.2 Å². The molecule has 21 heavy (non-hydrogen) atoms. The minimum Gasteiger partial charge on any atom is -0.368 e. The molecule has 2 nitrogen and oxygen atoms in total. The standard InChI is InChI=1S/C19H28N2/c1-14-12-15(13-20-17-7-8-17)6-9-18(14)21-11-10-16-4-2-3-5-19(16)21/h6,9,12,16-17,19-20H,2-5,7-8,10-11,13H2,1H3. The molecule has 4 rings (SSSR count). The molecule has 3 aliphatic rings. The quantitative estimate of drug-likeness (QED) is 0.898. The van der Waals surface area contributed by atoms with E-state index in [1.807, 2.05) is 0 Å². The van der Waals surface area contributed by atoms with Crippen LogP contribution in [0.15, 0.2) is 18.2 Å². The van der Waals surface area contributed by atoms with Gasteiger partial charge in [0, 0.05) is 30.9 Å². The fourth-order valence-electron chi connectivity index (χ4n) is 4.40. The number of hydrogen-bond acceptors (Lipinski definition) is 2. The average Bonchev–Trinajstić information content (AvgIpc) is 3.24. The number of nitrogens with one attached hydrogen (secondary N) is 1. The van der Waals surface area contributed by atoms with Gasteiger partial charge in [0.2, 0.25) is 0 Å². The van der Waals surface area contributed by atoms with Gasteiger partial charge in [0.1, 0.15) is 0 Å². The lowest BCUT2D eigenvalue weighted by molar-refractivity contribution is 0.342. The molecule has 2 saturated carbocycles. The third kappa shape index (κ3) is 2.83. The van der Waals surface area contributed by atoms with Gasteiger partial charge in [-0.05, 0) is 62.1 Å². The largest absolute Gasteiger partial charge is 0.368 e. The van der Waals surface area contributed by atoms with Crippen LogP contribution < -0.4 is 10.2 Å². The highest BCUT2D eigenvalue weighted by molar-refractivity contribution is 5.56. The molecule has 3 fully saturated rings. The Labute approximate surface area is 128 Å². The van der Waals surface area contributed by atoms with Crippen LogP contribution in [-0.2, 0) is 6.54 Å². The molecule has 0 aromatic heterocycles. The zero-order valence-corrected chi connectivity index (χ0v) is 13.3. The summed E-state index contributed by atoms with van der Waals surface area (Å²) in [5.41, 5.74) is 4.42. The topological polar surface area (TPSA) is 15.3 Å². The number of fused-ring (bicyclic) bond motifs is 1. The van der Waals surface area contributed by atoms with Crippen molar-refractivity contribution in [2.45, 2.75) is 70.5 Å². The number of nitrogens with zero attached hydrogens (tertiary/aromatic N) is 1. The van der Waals surface area contributed by atoms with Crippen molar-refractivity contribution in [1.29, 1.82) is 0 Å². The first-order valence-corrected chi connectivity index (χ1v) is 8.91. The summed E-state index contributed by atoms with van der Waals surface area (Å²) in [6.45, 7) is 4.61. The average molecular weight is 284 g/mol. The van der Waals surface area contributed by atoms with Crippen LogP contribution in [0.5, 0.6) is 0 Å². The van der Waals surface area contributed by atoms with Crippen molar-refractivity contribution in [3.63, 3.8) is 0 Å². The third-order valence-electron chi connectivity index (χ3n) is 5.75. The molecule has 2 unspecified atom stereocenters. The van der Waals surface area contributed by atoms with Crippen LogP contribution in [0.4, 0.5) is 5.69 Å². The molecule has 2 atom stereocenters. The molecule has 1 aliphatic heterocycles. The monoisotopic (exact) mass is 284 g/mol. The van der Waals surface area contributed by atoms with Crippen LogP contribution >= 0.6 is 0 Å². The predicted molar refractivity (Wildman–Crippen MR) is 88.7 cm³/mol. The van der Waals surface area contributed by atoms with E-state index >= 15 is 0 Å². The van der Waals surface area contributed by atoms with Crippen molar-refractivity contribution in [2.75, 3.05) is 11.4 Å². The van der Waals surface area contributed by atoms with Crippen LogP contribution in [0.25, 0.3) is 0 Å². The predicted octanol–water partition coefficient (Wildman–Crippen LogP) is 4.02. The van der Waals surface area contributed by atoms with E-state index in [1.165, 1.54) is 68.3 Å². The third-order valence-corrected chi connectivity index (χ3v) is 5.75. The fraction of sp³-hybridized carbons (Fsp3) is 0.684. The van der Waals surface area contributed by atoms with E-state index in [0.717, 1.165) is 24.5 Å². The smallest absolute Gasteiger partial charge is 0.0398 e. The van der Waals surface area contributed by atoms with Gasteiger partial charge in [-0.25, -0.2) is 0 Å². The second-order valence-electron chi connectivity index (χ2n) is 7.37. The van der Waals surface area contributed by atoms with Gasteiger partial charge in [-0.2, -0.15) is 0 Å². The first kappa shape index (κ1) is 13.6. The Kier molecular flexibility index (Phi) is 3.66. The van der Waals surface area contributed by atoms with Crippen molar-refractivity contribution >= 4 is 5.69 Å². The molecule has 0 bridgehead atoms. The number of rotatable bonds is 4. The maximum absolute atomic E-state index is 3.62. The molecular formula is C19H28N2. The highest BCUT2D eigenvalue weighted by Gasteiger charge is 2.36. The van der Waals surface area contributed by atoms with E-state index in [9.17, 15) is 0 Å². The van der Waals surface area contributed by atoms with Gasteiger partial charge in [0.15, 0.2) is 0 Å². The van der Waals surface area contributed by atoms with Crippen LogP contribution in [0.1, 0.15) is 56.1 Å². The lowest BCUT2D eigenvalue weighted by Crippen LogP contribution is -2.35. The Hall–Kier alpha value is -1.02. The van der Waals surface area contributed by atoms with Gasteiger partial charge in [0.05, 0.1) is 0 Å². The maximum atomic E-state index is 3.62. The van der Waals surface area contributed by atoms with Gasteiger partial charge in [-0.1, -0.05) is 25.0 Å². The second-order valence-corrected chi connectivity index (χ2v) is 7.37. The summed E-state index contributed by atoms with van der Waals surface area (Å²) in [5, 5.41) is 3.62. The van der Waals surface area contributed by atoms with Gasteiger partial charge in [0.25, 0.3) is 0 Å². The number of hydrogen-bond donors (Lipinski definition) is 1. The van der Waals surface area contributed by atoms with Crippen molar-refractivity contribution in [3.05, 3.63) is 29.3 Å². The molecule has 1 N–H and O–H groups in total. The molecule has 0 spiro atoms. The van der Waals surface area contributed by atoms with Crippen LogP contribution in [0.2, 0.25) is 0 Å². The Morgan fingerprint density at radius 1 is 1.10 bits per heavy atom. The van der Waals surface area contributed by atoms with Crippen LogP contribution in [0, 0.1) is 12.8 Å². The van der Waals surface area contributed by atoms with Crippen molar-refractivity contribution < 1.29 is 0 Å². The molecule has 1 saturated heterocycles. The molecule has 2 aliphatic carbocycles. The molecule has 1 heterocycles. The summed E-state index contributed by atoms with van der Waals surface area (Å²) >= 11 is 0. The summed E-state index contributed by atoms with van der Waals surface area (Å²) in [4.78, 5) is 2.72. The lowest BCUT2D eigenvalue weighted by Gasteiger charge is -2.34. The van der Waals surface area contributed by atoms with E-state index in [0.29, 0.717) is 0 Å². The number of benzene rings is 1. The van der Waals surface area contributed by atoms with Gasteiger partial charge in [-0.3, -0.25) is 0 Å². The maximum Gasteiger partial charge on any atom is 0.0398 e. The fourth-order valence-corrected chi connectivity index (χ4v) is 4.40. The van der Waals surface area contributed by atoms with E-state index in [2.05, 4.69) is 35.3 Å². The summed E-state index contributed by atoms with van der Waals surface area (Å²) in [7, 11) is 0. The minimum absolute atomic E-state index is 0.798. The first-order chi connectivity index (χ1) is 10.3. The van der Waals surface area contributed by atoms with E-state index in [1.54, 1.807) is 0 Å². The van der Waals surface area contributed by atoms with Crippen molar-refractivity contribution in [2.24, 2.45) is 5.92 Å². The normalized spacial score (nSPS) is 28.7. The zero-order chi connectivity index (χ0) is 14.2. The summed E-state index contributed by atoms with van der Waals surface area (Å²) in [6.07, 6.45) is 9.91. The number of aryl methyl sites for hydroxylation is 1. The van der Waals surface area contributed by atoms with Crippen molar-refractivity contribution in [3.8, 4) is 0 Å². The molecule has 1 aromatic carbocycles. The first-order valence-electron chi connectivity index (χ1n) is 8.91. The van der Waals surface area contributed by atoms with E-state index < -0.39 is 0 Å². The van der Waals surface area contributed by atoms with Crippen LogP contribution in [-0.4, -0.2) is 18.6 Å². The van der Waals surface area contributed by atoms with Crippen LogP contribution in [0.3, 0.4) is 0 Å². The van der Waals surface area contributed by atoms with E-state index in [-0.39, 0.29) is 0 Å². The molecule has 114 valence electrons. The highest BCUT2D eigenvalue weighted by Crippen LogP contribution is 2.39. The molecule has 1 aromatic rings. The molecular weight excluding hydrogens is 256 g/mol. The Bertz CT molecular complexity index is 506. The SMILES string of the molecule is Cc1cc(CNC2CC2)ccc1N1CCC2CCCCC21. The summed E-state index contributed by atoms with van der Waals surface area (Å²) in [5.74, 6) is 0.967. The molecule has 0 radical (unpaired) electrons. The Morgan fingerprint density at radius 2 is 1.95 bits per heavy atom. The zero-order valence-electron chi connectivity index (χ0n) is 13.3. The van der Waals surface area contributed by atoms with Gasteiger partial charge >= 0.3 is 0 Å². The number of anilines is 1. The summed E-state index contributed by atoms with van der Waals surface area (Å²) in [6, 6.07) is 8.75. The molecule has 0 amide bonds. The Morgan fingerprint density at radius 3 is 2.76 bits per heavy atom. The second kappa shape index (κ2) is 5.64. The Balaban J connectivity index is 1.49. The lowest BCUT2D eigenvalue weighted by atomic mass is 9.85.